The van der Waals surface area contributed by atoms with Crippen molar-refractivity contribution in [3.63, 3.8) is 0 Å². The average molecular weight is 479 g/mol. The van der Waals surface area contributed by atoms with Gasteiger partial charge >= 0.3 is 0 Å². The van der Waals surface area contributed by atoms with Gasteiger partial charge in [0, 0.05) is 38.8 Å². The minimum absolute atomic E-state index is 0. The minimum Gasteiger partial charge on any atom is -0.365 e. The van der Waals surface area contributed by atoms with Gasteiger partial charge in [0.05, 0.1) is 0 Å². The van der Waals surface area contributed by atoms with Crippen LogP contribution < -0.4 is 15.5 Å². The van der Waals surface area contributed by atoms with Gasteiger partial charge in [-0.1, -0.05) is 6.07 Å². The summed E-state index contributed by atoms with van der Waals surface area (Å²) in [6.07, 6.45) is 3.25. The van der Waals surface area contributed by atoms with Gasteiger partial charge in [-0.05, 0) is 45.0 Å². The molecule has 3 rings (SSSR count). The van der Waals surface area contributed by atoms with Gasteiger partial charge in [0.1, 0.15) is 17.3 Å². The smallest absolute Gasteiger partial charge is 0.191 e. The summed E-state index contributed by atoms with van der Waals surface area (Å²) >= 11 is 0. The number of likely N-dealkylation sites (tertiary alicyclic amines) is 1. The highest BCUT2D eigenvalue weighted by atomic mass is 127. The molecular weight excluding hydrogens is 451 g/mol. The molecule has 2 saturated heterocycles. The van der Waals surface area contributed by atoms with Gasteiger partial charge in [-0.3, -0.25) is 4.99 Å². The number of hydrogen-bond acceptors (Lipinski definition) is 3. The number of halogens is 3. The lowest BCUT2D eigenvalue weighted by atomic mass is 10.2. The summed E-state index contributed by atoms with van der Waals surface area (Å²) in [7, 11) is 3.89. The zero-order chi connectivity index (χ0) is 17.8. The summed E-state index contributed by atoms with van der Waals surface area (Å²) in [5.74, 6) is -0.263. The van der Waals surface area contributed by atoms with Crippen LogP contribution in [0.2, 0.25) is 0 Å². The molecule has 2 atom stereocenters. The van der Waals surface area contributed by atoms with Crippen molar-refractivity contribution in [1.82, 2.24) is 15.5 Å². The van der Waals surface area contributed by atoms with Crippen LogP contribution in [0.25, 0.3) is 0 Å². The van der Waals surface area contributed by atoms with Crippen LogP contribution in [0.4, 0.5) is 14.5 Å². The van der Waals surface area contributed by atoms with Gasteiger partial charge in [0.25, 0.3) is 0 Å². The molecule has 0 aromatic heterocycles. The van der Waals surface area contributed by atoms with Gasteiger partial charge < -0.3 is 20.4 Å². The van der Waals surface area contributed by atoms with Crippen molar-refractivity contribution in [2.45, 2.75) is 31.3 Å². The Balaban J connectivity index is 0.00000243. The number of nitrogens with one attached hydrogen (secondary N) is 2. The number of rotatable bonds is 4. The van der Waals surface area contributed by atoms with Crippen molar-refractivity contribution in [3.05, 3.63) is 29.8 Å². The third kappa shape index (κ3) is 4.97. The number of benzene rings is 1. The van der Waals surface area contributed by atoms with Crippen LogP contribution >= 0.6 is 24.0 Å². The topological polar surface area (TPSA) is 42.9 Å². The van der Waals surface area contributed by atoms with Gasteiger partial charge in [0.2, 0.25) is 0 Å². The molecule has 5 nitrogen and oxygen atoms in total. The third-order valence-electron chi connectivity index (χ3n) is 5.18. The second kappa shape index (κ2) is 9.68. The Morgan fingerprint density at radius 1 is 1.23 bits per heavy atom. The molecule has 146 valence electrons. The van der Waals surface area contributed by atoms with Crippen LogP contribution in [-0.4, -0.2) is 63.2 Å². The number of guanidine groups is 1. The molecule has 2 unspecified atom stereocenters. The molecule has 2 aliphatic rings. The van der Waals surface area contributed by atoms with Gasteiger partial charge in [-0.2, -0.15) is 0 Å². The Morgan fingerprint density at radius 2 is 1.96 bits per heavy atom. The Morgan fingerprint density at radius 3 is 2.58 bits per heavy atom. The van der Waals surface area contributed by atoms with Crippen molar-refractivity contribution in [3.8, 4) is 0 Å². The van der Waals surface area contributed by atoms with Crippen LogP contribution in [0.15, 0.2) is 23.2 Å². The van der Waals surface area contributed by atoms with E-state index in [4.69, 9.17) is 0 Å². The second-order valence-electron chi connectivity index (χ2n) is 6.88. The van der Waals surface area contributed by atoms with E-state index in [1.807, 2.05) is 0 Å². The summed E-state index contributed by atoms with van der Waals surface area (Å²) in [5.41, 5.74) is 0.0716. The molecule has 2 aliphatic heterocycles. The summed E-state index contributed by atoms with van der Waals surface area (Å²) in [5, 5.41) is 6.75. The molecule has 1 aromatic carbocycles. The molecule has 0 amide bonds. The maximum Gasteiger partial charge on any atom is 0.191 e. The zero-order valence-corrected chi connectivity index (χ0v) is 17.7. The molecule has 2 N–H and O–H groups in total. The summed E-state index contributed by atoms with van der Waals surface area (Å²) in [6.45, 7) is 3.18. The Hall–Kier alpha value is -1.16. The predicted molar refractivity (Wildman–Crippen MR) is 113 cm³/mol. The first-order chi connectivity index (χ1) is 12.1. The van der Waals surface area contributed by atoms with E-state index in [1.165, 1.54) is 31.0 Å². The number of anilines is 1. The lowest BCUT2D eigenvalue weighted by Crippen LogP contribution is -2.48. The first-order valence-corrected chi connectivity index (χ1v) is 8.95. The number of likely N-dealkylation sites (N-methyl/N-ethyl adjacent to an activating group) is 1. The average Bonchev–Trinajstić information content (AvgIpc) is 3.20. The molecule has 26 heavy (non-hydrogen) atoms. The SMILES string of the molecule is CN=C(NCC1CCCN1C)NC1CCN(c2c(F)cccc2F)C1.I. The van der Waals surface area contributed by atoms with Crippen LogP contribution in [-0.2, 0) is 0 Å². The van der Waals surface area contributed by atoms with E-state index in [0.29, 0.717) is 19.1 Å². The van der Waals surface area contributed by atoms with Crippen molar-refractivity contribution in [1.29, 1.82) is 0 Å². The van der Waals surface area contributed by atoms with E-state index in [-0.39, 0.29) is 35.7 Å². The van der Waals surface area contributed by atoms with E-state index in [1.54, 1.807) is 11.9 Å². The molecule has 0 spiro atoms. The van der Waals surface area contributed by atoms with Crippen LogP contribution in [0, 0.1) is 11.6 Å². The largest absolute Gasteiger partial charge is 0.365 e. The standard InChI is InChI=1S/C18H27F2N5.HI/c1-21-18(22-11-14-5-4-9-24(14)2)23-13-8-10-25(12-13)17-15(19)6-3-7-16(17)20;/h3,6-7,13-14H,4-5,8-12H2,1-2H3,(H2,21,22,23);1H. The van der Waals surface area contributed by atoms with Crippen molar-refractivity contribution >= 4 is 35.6 Å². The lowest BCUT2D eigenvalue weighted by molar-refractivity contribution is 0.309. The molecule has 1 aromatic rings. The highest BCUT2D eigenvalue weighted by Gasteiger charge is 2.27. The minimum atomic E-state index is -0.507. The molecule has 0 saturated carbocycles. The molecule has 0 aliphatic carbocycles. The van der Waals surface area contributed by atoms with E-state index in [2.05, 4.69) is 27.6 Å². The molecule has 8 heteroatoms. The number of nitrogens with zero attached hydrogens (tertiary/aromatic N) is 3. The number of aliphatic imine (C=N–C) groups is 1. The van der Waals surface area contributed by atoms with Crippen molar-refractivity contribution in [2.24, 2.45) is 4.99 Å². The molecule has 0 radical (unpaired) electrons. The molecule has 0 bridgehead atoms. The summed E-state index contributed by atoms with van der Waals surface area (Å²) in [4.78, 5) is 8.40. The van der Waals surface area contributed by atoms with E-state index < -0.39 is 11.6 Å². The first kappa shape index (κ1) is 21.1. The summed E-state index contributed by atoms with van der Waals surface area (Å²) < 4.78 is 27.9. The first-order valence-electron chi connectivity index (χ1n) is 8.95. The summed E-state index contributed by atoms with van der Waals surface area (Å²) in [6, 6.07) is 4.65. The fraction of sp³-hybridized carbons (Fsp3) is 0.611. The number of para-hydroxylation sites is 1. The van der Waals surface area contributed by atoms with E-state index in [9.17, 15) is 8.78 Å². The highest BCUT2D eigenvalue weighted by molar-refractivity contribution is 14.0. The third-order valence-corrected chi connectivity index (χ3v) is 5.18. The van der Waals surface area contributed by atoms with Gasteiger partial charge in [-0.15, -0.1) is 24.0 Å². The lowest BCUT2D eigenvalue weighted by Gasteiger charge is -2.23. The van der Waals surface area contributed by atoms with Gasteiger partial charge in [-0.25, -0.2) is 8.78 Å². The van der Waals surface area contributed by atoms with Crippen molar-refractivity contribution < 1.29 is 8.78 Å². The normalized spacial score (nSPS) is 23.8. The Bertz CT molecular complexity index is 607. The van der Waals surface area contributed by atoms with Crippen LogP contribution in [0.5, 0.6) is 0 Å². The van der Waals surface area contributed by atoms with Crippen LogP contribution in [0.3, 0.4) is 0 Å². The second-order valence-corrected chi connectivity index (χ2v) is 6.88. The van der Waals surface area contributed by atoms with E-state index in [0.717, 1.165) is 25.5 Å². The van der Waals surface area contributed by atoms with E-state index >= 15 is 0 Å². The predicted octanol–water partition coefficient (Wildman–Crippen LogP) is 2.42. The molecule has 2 fully saturated rings. The molecular formula is C18H28F2IN5. The molecule has 2 heterocycles. The van der Waals surface area contributed by atoms with Crippen LogP contribution in [0.1, 0.15) is 19.3 Å². The fourth-order valence-corrected chi connectivity index (χ4v) is 3.71. The fourth-order valence-electron chi connectivity index (χ4n) is 3.71. The highest BCUT2D eigenvalue weighted by Crippen LogP contribution is 2.26. The zero-order valence-electron chi connectivity index (χ0n) is 15.3. The maximum absolute atomic E-state index is 13.9. The number of hydrogen-bond donors (Lipinski definition) is 2. The Labute approximate surface area is 171 Å². The van der Waals surface area contributed by atoms with Crippen molar-refractivity contribution in [2.75, 3.05) is 45.2 Å². The van der Waals surface area contributed by atoms with Gasteiger partial charge in [0.15, 0.2) is 5.96 Å². The Kier molecular flexibility index (Phi) is 7.87. The quantitative estimate of drug-likeness (QED) is 0.396. The maximum atomic E-state index is 13.9. The monoisotopic (exact) mass is 479 g/mol.